The highest BCUT2D eigenvalue weighted by atomic mass is 32.2. The fourth-order valence-electron chi connectivity index (χ4n) is 5.63. The number of carbonyl (C=O) groups is 1. The summed E-state index contributed by atoms with van der Waals surface area (Å²) >= 11 is 0. The van der Waals surface area contributed by atoms with Crippen LogP contribution in [0.4, 0.5) is 0 Å². The fraction of sp³-hybridized carbons (Fsp3) is 0.393. The van der Waals surface area contributed by atoms with E-state index in [1.165, 1.54) is 6.42 Å². The molecule has 0 radical (unpaired) electrons. The largest absolute Gasteiger partial charge is 0.338 e. The lowest BCUT2D eigenvalue weighted by Crippen LogP contribution is -2.45. The maximum atomic E-state index is 14.2. The first kappa shape index (κ1) is 22.1. The molecule has 2 heterocycles. The Morgan fingerprint density at radius 3 is 2.18 bits per heavy atom. The zero-order chi connectivity index (χ0) is 22.9. The lowest BCUT2D eigenvalue weighted by molar-refractivity contribution is 0.0937. The Morgan fingerprint density at radius 1 is 0.818 bits per heavy atom. The number of aromatic nitrogens is 1. The van der Waals surface area contributed by atoms with Crippen LogP contribution in [-0.2, 0) is 29.2 Å². The summed E-state index contributed by atoms with van der Waals surface area (Å²) in [4.78, 5) is 14.4. The summed E-state index contributed by atoms with van der Waals surface area (Å²) in [5.41, 5.74) is 3.80. The number of rotatable bonds is 4. The smallest absolute Gasteiger partial charge is 0.201 e. The topological polar surface area (TPSA) is 56.1 Å². The van der Waals surface area contributed by atoms with Crippen molar-refractivity contribution in [1.29, 1.82) is 0 Å². The van der Waals surface area contributed by atoms with Gasteiger partial charge in [0.2, 0.25) is 5.78 Å². The predicted molar refractivity (Wildman–Crippen MR) is 130 cm³/mol. The first-order chi connectivity index (χ1) is 16.0. The van der Waals surface area contributed by atoms with E-state index in [-0.39, 0.29) is 17.1 Å². The highest BCUT2D eigenvalue weighted by Gasteiger charge is 2.56. The van der Waals surface area contributed by atoms with Gasteiger partial charge in [-0.1, -0.05) is 80.6 Å². The molecule has 3 aliphatic rings. The van der Waals surface area contributed by atoms with Crippen LogP contribution in [0.25, 0.3) is 0 Å². The van der Waals surface area contributed by atoms with Crippen LogP contribution in [0.3, 0.4) is 0 Å². The van der Waals surface area contributed by atoms with Gasteiger partial charge < -0.3 is 4.57 Å². The molecule has 172 valence electrons. The lowest BCUT2D eigenvalue weighted by atomic mass is 9.95. The van der Waals surface area contributed by atoms with Gasteiger partial charge in [0.25, 0.3) is 0 Å². The first-order valence-corrected chi connectivity index (χ1v) is 13.6. The van der Waals surface area contributed by atoms with Gasteiger partial charge in [-0.2, -0.15) is 0 Å². The molecule has 0 fully saturated rings. The van der Waals surface area contributed by atoms with Crippen LogP contribution in [-0.4, -0.2) is 23.5 Å². The standard InChI is InChI=1S/C28H31NO3S/c30-27-26-23-19-24(29(26)21-22-13-7-5-8-14-22)15-9-3-1-2-4-12-18-28(27,20-23)33(31,32)25-16-10-6-11-17-25/h5-8,10-11,13-14,16-17,19H,1-4,9,12,15,18,20-21H2. The van der Waals surface area contributed by atoms with Crippen molar-refractivity contribution in [3.8, 4) is 0 Å². The van der Waals surface area contributed by atoms with E-state index in [1.807, 2.05) is 24.3 Å². The van der Waals surface area contributed by atoms with Gasteiger partial charge in [-0.3, -0.25) is 4.79 Å². The third-order valence-corrected chi connectivity index (χ3v) is 9.84. The number of benzene rings is 2. The van der Waals surface area contributed by atoms with E-state index in [9.17, 15) is 13.2 Å². The van der Waals surface area contributed by atoms with E-state index < -0.39 is 14.6 Å². The lowest BCUT2D eigenvalue weighted by Gasteiger charge is -2.28. The van der Waals surface area contributed by atoms with Crippen molar-refractivity contribution in [2.75, 3.05) is 0 Å². The molecule has 1 aromatic heterocycles. The average Bonchev–Trinajstić information content (AvgIpc) is 3.31. The molecule has 1 atom stereocenters. The highest BCUT2D eigenvalue weighted by Crippen LogP contribution is 2.44. The second-order valence-corrected chi connectivity index (χ2v) is 11.8. The summed E-state index contributed by atoms with van der Waals surface area (Å²) in [5, 5.41) is 0. The van der Waals surface area contributed by atoms with Gasteiger partial charge in [0.15, 0.2) is 9.84 Å². The van der Waals surface area contributed by atoms with Crippen molar-refractivity contribution in [3.63, 3.8) is 0 Å². The summed E-state index contributed by atoms with van der Waals surface area (Å²) in [7, 11) is -3.83. The summed E-state index contributed by atoms with van der Waals surface area (Å²) in [6.07, 6.45) is 7.84. The Labute approximate surface area is 196 Å². The number of ketones is 1. The second-order valence-electron chi connectivity index (χ2n) is 9.52. The molecule has 2 aliphatic carbocycles. The number of hydrogen-bond acceptors (Lipinski definition) is 3. The molecule has 0 N–H and O–H groups in total. The van der Waals surface area contributed by atoms with Crippen molar-refractivity contribution < 1.29 is 13.2 Å². The van der Waals surface area contributed by atoms with E-state index in [0.717, 1.165) is 55.3 Å². The van der Waals surface area contributed by atoms with Crippen molar-refractivity contribution >= 4 is 15.6 Å². The minimum atomic E-state index is -3.83. The van der Waals surface area contributed by atoms with Crippen LogP contribution in [0.15, 0.2) is 71.6 Å². The van der Waals surface area contributed by atoms with Crippen LogP contribution in [0.2, 0.25) is 0 Å². The summed E-state index contributed by atoms with van der Waals surface area (Å²) < 4.78 is 28.7. The highest BCUT2D eigenvalue weighted by molar-refractivity contribution is 7.93. The minimum Gasteiger partial charge on any atom is -0.338 e. The van der Waals surface area contributed by atoms with Gasteiger partial charge in [-0.15, -0.1) is 0 Å². The third-order valence-electron chi connectivity index (χ3n) is 7.38. The molecule has 0 spiro atoms. The second kappa shape index (κ2) is 8.94. The number of nitrogens with zero attached hydrogens (tertiary/aromatic N) is 1. The monoisotopic (exact) mass is 461 g/mol. The molecule has 0 saturated carbocycles. The molecule has 33 heavy (non-hydrogen) atoms. The molecule has 1 unspecified atom stereocenters. The van der Waals surface area contributed by atoms with Gasteiger partial charge in [-0.25, -0.2) is 8.42 Å². The number of fused-ring (bicyclic) bond motifs is 7. The molecular weight excluding hydrogens is 430 g/mol. The summed E-state index contributed by atoms with van der Waals surface area (Å²) in [6.45, 7) is 0.596. The molecule has 0 amide bonds. The Hall–Kier alpha value is -2.66. The molecule has 4 nitrogen and oxygen atoms in total. The van der Waals surface area contributed by atoms with Crippen molar-refractivity contribution in [3.05, 3.63) is 89.2 Å². The Balaban J connectivity index is 1.64. The van der Waals surface area contributed by atoms with E-state index >= 15 is 0 Å². The molecule has 1 aliphatic heterocycles. The SMILES string of the molecule is O=C1c2c3cc(n2Cc2ccccc2)CCCCCCCCC1(S(=O)(=O)c1ccccc1)C3. The minimum absolute atomic E-state index is 0.206. The maximum absolute atomic E-state index is 14.2. The number of carbonyl (C=O) groups excluding carboxylic acids is 1. The van der Waals surface area contributed by atoms with Crippen LogP contribution in [0.1, 0.15) is 72.3 Å². The summed E-state index contributed by atoms with van der Waals surface area (Å²) in [6, 6.07) is 20.8. The van der Waals surface area contributed by atoms with E-state index in [0.29, 0.717) is 18.7 Å². The normalized spacial score (nSPS) is 21.4. The maximum Gasteiger partial charge on any atom is 0.201 e. The van der Waals surface area contributed by atoms with Gasteiger partial charge in [0.1, 0.15) is 4.75 Å². The van der Waals surface area contributed by atoms with E-state index in [2.05, 4.69) is 22.8 Å². The molecule has 0 saturated heterocycles. The molecule has 2 aromatic carbocycles. The predicted octanol–water partition coefficient (Wildman–Crippen LogP) is 5.77. The quantitative estimate of drug-likeness (QED) is 0.495. The van der Waals surface area contributed by atoms with Crippen molar-refractivity contribution in [1.82, 2.24) is 4.57 Å². The summed E-state index contributed by atoms with van der Waals surface area (Å²) in [5.74, 6) is -0.206. The van der Waals surface area contributed by atoms with Crippen molar-refractivity contribution in [2.24, 2.45) is 0 Å². The van der Waals surface area contributed by atoms with E-state index in [1.54, 1.807) is 24.3 Å². The number of aryl methyl sites for hydroxylation is 1. The molecule has 6 rings (SSSR count). The van der Waals surface area contributed by atoms with Gasteiger partial charge in [-0.05, 0) is 48.6 Å². The van der Waals surface area contributed by atoms with Crippen LogP contribution in [0.5, 0.6) is 0 Å². The average molecular weight is 462 g/mol. The van der Waals surface area contributed by atoms with Crippen LogP contribution >= 0.6 is 0 Å². The molecular formula is C28H31NO3S. The zero-order valence-electron chi connectivity index (χ0n) is 19.0. The number of Topliss-reactive ketones (excluding diaryl/α,β-unsaturated/α-hetero) is 1. The fourth-order valence-corrected chi connectivity index (χ4v) is 7.69. The molecule has 5 heteroatoms. The third kappa shape index (κ3) is 3.86. The number of sulfone groups is 1. The van der Waals surface area contributed by atoms with Gasteiger partial charge in [0.05, 0.1) is 10.6 Å². The van der Waals surface area contributed by atoms with Crippen molar-refractivity contribution in [2.45, 2.75) is 74.0 Å². The molecule has 3 aromatic rings. The Bertz CT molecular complexity index is 1250. The van der Waals surface area contributed by atoms with Gasteiger partial charge >= 0.3 is 0 Å². The Morgan fingerprint density at radius 2 is 1.45 bits per heavy atom. The molecule has 4 bridgehead atoms. The first-order valence-electron chi connectivity index (χ1n) is 12.1. The number of hydrogen-bond donors (Lipinski definition) is 0. The van der Waals surface area contributed by atoms with Crippen LogP contribution in [0, 0.1) is 0 Å². The van der Waals surface area contributed by atoms with Crippen LogP contribution < -0.4 is 0 Å². The Kier molecular flexibility index (Phi) is 6.00. The van der Waals surface area contributed by atoms with Gasteiger partial charge in [0, 0.05) is 18.7 Å². The zero-order valence-corrected chi connectivity index (χ0v) is 19.8. The van der Waals surface area contributed by atoms with E-state index in [4.69, 9.17) is 0 Å².